The molecule has 2 aromatic heterocycles. The van der Waals surface area contributed by atoms with E-state index >= 15 is 0 Å². The van der Waals surface area contributed by atoms with Gasteiger partial charge in [0.2, 0.25) is 0 Å². The van der Waals surface area contributed by atoms with E-state index in [0.717, 1.165) is 34.5 Å². The summed E-state index contributed by atoms with van der Waals surface area (Å²) in [4.78, 5) is 34.7. The Bertz CT molecular complexity index is 1210. The maximum absolute atomic E-state index is 12.7. The summed E-state index contributed by atoms with van der Waals surface area (Å²) in [6.07, 6.45) is 3.34. The fourth-order valence-electron chi connectivity index (χ4n) is 3.98. The highest BCUT2D eigenvalue weighted by molar-refractivity contribution is 5.97. The topological polar surface area (TPSA) is 109 Å². The van der Waals surface area contributed by atoms with Crippen LogP contribution in [0.3, 0.4) is 0 Å². The third kappa shape index (κ3) is 4.85. The molecule has 2 amide bonds. The number of nitrogens with zero attached hydrogens (tertiary/aromatic N) is 5. The minimum Gasteiger partial charge on any atom is -0.353 e. The zero-order valence-corrected chi connectivity index (χ0v) is 18.9. The Morgan fingerprint density at radius 3 is 2.50 bits per heavy atom. The molecule has 0 unspecified atom stereocenters. The van der Waals surface area contributed by atoms with Crippen LogP contribution in [0.4, 0.5) is 33.6 Å². The number of amides is 2. The fourth-order valence-corrected chi connectivity index (χ4v) is 3.98. The molecule has 0 atom stereocenters. The van der Waals surface area contributed by atoms with E-state index in [2.05, 4.69) is 25.7 Å². The van der Waals surface area contributed by atoms with Crippen molar-refractivity contribution < 1.29 is 9.59 Å². The van der Waals surface area contributed by atoms with E-state index in [9.17, 15) is 9.59 Å². The number of nitrogens with one attached hydrogen (secondary N) is 3. The third-order valence-electron chi connectivity index (χ3n) is 5.80. The van der Waals surface area contributed by atoms with Crippen molar-refractivity contribution in [2.45, 2.75) is 6.92 Å². The van der Waals surface area contributed by atoms with Gasteiger partial charge in [0.1, 0.15) is 11.6 Å². The van der Waals surface area contributed by atoms with E-state index < -0.39 is 0 Å². The molecule has 0 aliphatic carbocycles. The number of carbonyl (C=O) groups is 2. The maximum Gasteiger partial charge on any atom is 0.321 e. The Morgan fingerprint density at radius 2 is 1.82 bits per heavy atom. The monoisotopic (exact) mass is 458 g/mol. The lowest BCUT2D eigenvalue weighted by Crippen LogP contribution is -2.50. The number of anilines is 5. The number of hydrogen-bond donors (Lipinski definition) is 3. The van der Waals surface area contributed by atoms with Crippen molar-refractivity contribution in [1.29, 1.82) is 0 Å². The lowest BCUT2D eigenvalue weighted by Gasteiger charge is -2.35. The van der Waals surface area contributed by atoms with Crippen molar-refractivity contribution in [1.82, 2.24) is 20.1 Å². The highest BCUT2D eigenvalue weighted by Crippen LogP contribution is 2.22. The normalized spacial score (nSPS) is 15.7. The van der Waals surface area contributed by atoms with Crippen LogP contribution in [-0.2, 0) is 4.79 Å². The van der Waals surface area contributed by atoms with Gasteiger partial charge >= 0.3 is 6.03 Å². The summed E-state index contributed by atoms with van der Waals surface area (Å²) < 4.78 is 0. The average Bonchev–Trinajstić information content (AvgIpc) is 3.47. The van der Waals surface area contributed by atoms with Crippen LogP contribution in [0.2, 0.25) is 0 Å². The van der Waals surface area contributed by atoms with Crippen LogP contribution in [0.15, 0.2) is 60.8 Å². The first-order chi connectivity index (χ1) is 16.5. The second-order valence-electron chi connectivity index (χ2n) is 8.30. The molecule has 3 aromatic rings. The Morgan fingerprint density at radius 1 is 1.03 bits per heavy atom. The molecule has 1 aromatic carbocycles. The number of H-pyrrole nitrogens is 1. The van der Waals surface area contributed by atoms with Gasteiger partial charge in [-0.3, -0.25) is 9.89 Å². The zero-order valence-electron chi connectivity index (χ0n) is 18.9. The average molecular weight is 459 g/mol. The number of urea groups is 1. The molecule has 4 heterocycles. The molecular weight excluding hydrogens is 432 g/mol. The van der Waals surface area contributed by atoms with Crippen molar-refractivity contribution in [3.63, 3.8) is 0 Å². The molecule has 3 N–H and O–H groups in total. The molecule has 0 bridgehead atoms. The van der Waals surface area contributed by atoms with Gasteiger partial charge in [0.05, 0.1) is 6.54 Å². The number of aromatic nitrogens is 3. The maximum atomic E-state index is 12.7. The molecular formula is C24H26N8O2. The summed E-state index contributed by atoms with van der Waals surface area (Å²) in [6, 6.07) is 15.1. The number of carbonyl (C=O) groups excluding carboxylic acids is 2. The second-order valence-corrected chi connectivity index (χ2v) is 8.30. The Kier molecular flexibility index (Phi) is 5.86. The Balaban J connectivity index is 1.14. The highest BCUT2D eigenvalue weighted by atomic mass is 16.2. The van der Waals surface area contributed by atoms with Gasteiger partial charge in [-0.05, 0) is 49.4 Å². The molecule has 2 aliphatic rings. The van der Waals surface area contributed by atoms with Gasteiger partial charge in [-0.1, -0.05) is 6.07 Å². The molecule has 0 radical (unpaired) electrons. The Hall–Kier alpha value is -4.34. The molecule has 1 fully saturated rings. The zero-order chi connectivity index (χ0) is 23.5. The summed E-state index contributed by atoms with van der Waals surface area (Å²) >= 11 is 0. The van der Waals surface area contributed by atoms with Crippen LogP contribution in [-0.4, -0.2) is 64.6 Å². The number of benzene rings is 1. The van der Waals surface area contributed by atoms with Gasteiger partial charge in [0.25, 0.3) is 0 Å². The number of aryl methyl sites for hydroxylation is 1. The number of aromatic amines is 1. The first-order valence-electron chi connectivity index (χ1n) is 11.2. The van der Waals surface area contributed by atoms with Crippen molar-refractivity contribution in [3.8, 4) is 0 Å². The van der Waals surface area contributed by atoms with Crippen molar-refractivity contribution >= 4 is 40.6 Å². The number of pyridine rings is 1. The SMILES string of the molecule is Cc1cc(Nc2cccc(N3CCN(C(=O)Nc4ccc(N5C=CC(=O)C5)cc4)CC3)n2)n[nH]1. The van der Waals surface area contributed by atoms with E-state index in [1.165, 1.54) is 0 Å². The molecule has 1 saturated heterocycles. The first-order valence-corrected chi connectivity index (χ1v) is 11.2. The second kappa shape index (κ2) is 9.26. The summed E-state index contributed by atoms with van der Waals surface area (Å²) in [6.45, 7) is 4.89. The van der Waals surface area contributed by atoms with E-state index in [1.807, 2.05) is 60.4 Å². The van der Waals surface area contributed by atoms with Crippen LogP contribution in [0, 0.1) is 6.92 Å². The predicted molar refractivity (Wildman–Crippen MR) is 132 cm³/mol. The van der Waals surface area contributed by atoms with Crippen molar-refractivity contribution in [2.75, 3.05) is 53.2 Å². The van der Waals surface area contributed by atoms with Crippen LogP contribution in [0.25, 0.3) is 0 Å². The van der Waals surface area contributed by atoms with Gasteiger partial charge in [0, 0.05) is 55.5 Å². The standard InChI is InChI=1S/C24H26N8O2/c1-17-15-22(29-28-17)26-21-3-2-4-23(27-21)30-11-13-31(14-12-30)24(34)25-18-5-7-19(8-6-18)32-10-9-20(33)16-32/h2-10,15H,11-14,16H2,1H3,(H,25,34)(H2,26,27,28,29). The molecule has 5 rings (SSSR count). The van der Waals surface area contributed by atoms with Gasteiger partial charge in [0.15, 0.2) is 11.6 Å². The van der Waals surface area contributed by atoms with E-state index in [1.54, 1.807) is 17.2 Å². The molecule has 10 nitrogen and oxygen atoms in total. The third-order valence-corrected chi connectivity index (χ3v) is 5.80. The number of piperazine rings is 1. The molecule has 2 aliphatic heterocycles. The summed E-state index contributed by atoms with van der Waals surface area (Å²) in [7, 11) is 0. The number of hydrogen-bond acceptors (Lipinski definition) is 7. The number of rotatable bonds is 5. The van der Waals surface area contributed by atoms with Gasteiger partial charge in [-0.2, -0.15) is 5.10 Å². The van der Waals surface area contributed by atoms with Crippen molar-refractivity contribution in [3.05, 3.63) is 66.5 Å². The lowest BCUT2D eigenvalue weighted by atomic mass is 10.2. The van der Waals surface area contributed by atoms with Gasteiger partial charge in [-0.25, -0.2) is 9.78 Å². The summed E-state index contributed by atoms with van der Waals surface area (Å²) in [5.74, 6) is 2.40. The predicted octanol–water partition coefficient (Wildman–Crippen LogP) is 3.11. The van der Waals surface area contributed by atoms with E-state index in [-0.39, 0.29) is 11.8 Å². The molecule has 174 valence electrons. The van der Waals surface area contributed by atoms with E-state index in [4.69, 9.17) is 4.98 Å². The fraction of sp³-hybridized carbons (Fsp3) is 0.250. The lowest BCUT2D eigenvalue weighted by molar-refractivity contribution is -0.112. The van der Waals surface area contributed by atoms with Gasteiger partial charge in [-0.15, -0.1) is 0 Å². The first kappa shape index (κ1) is 21.5. The van der Waals surface area contributed by atoms with Crippen LogP contribution >= 0.6 is 0 Å². The number of ketones is 1. The quantitative estimate of drug-likeness (QED) is 0.539. The van der Waals surface area contributed by atoms with Gasteiger partial charge < -0.3 is 25.3 Å². The minimum atomic E-state index is -0.124. The molecule has 34 heavy (non-hydrogen) atoms. The molecule has 0 spiro atoms. The minimum absolute atomic E-state index is 0.0856. The molecule has 10 heteroatoms. The van der Waals surface area contributed by atoms with Crippen LogP contribution in [0.5, 0.6) is 0 Å². The summed E-state index contributed by atoms with van der Waals surface area (Å²) in [5.41, 5.74) is 2.62. The largest absolute Gasteiger partial charge is 0.353 e. The van der Waals surface area contributed by atoms with Crippen LogP contribution < -0.4 is 20.4 Å². The summed E-state index contributed by atoms with van der Waals surface area (Å²) in [5, 5.41) is 13.3. The molecule has 0 saturated carbocycles. The van der Waals surface area contributed by atoms with E-state index in [0.29, 0.717) is 32.7 Å². The van der Waals surface area contributed by atoms with Crippen molar-refractivity contribution in [2.24, 2.45) is 0 Å². The smallest absolute Gasteiger partial charge is 0.321 e. The highest BCUT2D eigenvalue weighted by Gasteiger charge is 2.22. The van der Waals surface area contributed by atoms with Crippen LogP contribution in [0.1, 0.15) is 5.69 Å². The Labute approximate surface area is 197 Å².